The largest absolute Gasteiger partial charge is 0.481 e. The average Bonchev–Trinajstić information content (AvgIpc) is 2.40. The van der Waals surface area contributed by atoms with Crippen LogP contribution in [0, 0.1) is 6.92 Å². The summed E-state index contributed by atoms with van der Waals surface area (Å²) in [6, 6.07) is 5.46. The van der Waals surface area contributed by atoms with Gasteiger partial charge >= 0.3 is 5.97 Å². The third-order valence-corrected chi connectivity index (χ3v) is 4.03. The number of hydroxylamine groups is 2. The van der Waals surface area contributed by atoms with E-state index in [4.69, 9.17) is 28.3 Å². The first-order chi connectivity index (χ1) is 10.3. The van der Waals surface area contributed by atoms with Gasteiger partial charge in [-0.2, -0.15) is 0 Å². The van der Waals surface area contributed by atoms with Gasteiger partial charge in [0.05, 0.1) is 24.2 Å². The highest BCUT2D eigenvalue weighted by atomic mass is 35.5. The molecule has 7 heteroatoms. The Bertz CT molecular complexity index is 506. The Morgan fingerprint density at radius 3 is 2.41 bits per heavy atom. The zero-order valence-electron chi connectivity index (χ0n) is 12.8. The van der Waals surface area contributed by atoms with Crippen LogP contribution in [0.5, 0.6) is 0 Å². The molecule has 0 heterocycles. The van der Waals surface area contributed by atoms with E-state index in [-0.39, 0.29) is 17.1 Å². The van der Waals surface area contributed by atoms with Crippen LogP contribution >= 0.6 is 23.2 Å². The SMILES string of the molecule is Cc1ccc([N+](O)(CCCl)CCCl)cc1C[C@@H]([NH3+])CC(=O)O. The summed E-state index contributed by atoms with van der Waals surface area (Å²) >= 11 is 11.6. The average molecular weight is 351 g/mol. The van der Waals surface area contributed by atoms with Crippen LogP contribution in [0.25, 0.3) is 0 Å². The Labute approximate surface area is 140 Å². The summed E-state index contributed by atoms with van der Waals surface area (Å²) in [4.78, 5) is 10.8. The summed E-state index contributed by atoms with van der Waals surface area (Å²) in [7, 11) is 0. The summed E-state index contributed by atoms with van der Waals surface area (Å²) in [5.74, 6) is -0.230. The highest BCUT2D eigenvalue weighted by Gasteiger charge is 2.28. The van der Waals surface area contributed by atoms with Gasteiger partial charge in [0, 0.05) is 18.6 Å². The molecule has 124 valence electrons. The molecule has 0 saturated heterocycles. The Balaban J connectivity index is 3.03. The molecular weight excluding hydrogens is 327 g/mol. The predicted molar refractivity (Wildman–Crippen MR) is 88.6 cm³/mol. The minimum atomic E-state index is -0.856. The number of quaternary nitrogens is 2. The van der Waals surface area contributed by atoms with E-state index < -0.39 is 5.97 Å². The molecule has 0 amide bonds. The number of hydrogen-bond donors (Lipinski definition) is 3. The molecule has 0 unspecified atom stereocenters. The number of nitrogens with zero attached hydrogens (tertiary/aromatic N) is 1. The number of aryl methyl sites for hydroxylation is 1. The van der Waals surface area contributed by atoms with Crippen LogP contribution in [0.3, 0.4) is 0 Å². The van der Waals surface area contributed by atoms with Crippen LogP contribution in [-0.2, 0) is 11.2 Å². The van der Waals surface area contributed by atoms with E-state index in [1.807, 2.05) is 25.1 Å². The molecule has 0 fully saturated rings. The fourth-order valence-electron chi connectivity index (χ4n) is 2.42. The summed E-state index contributed by atoms with van der Waals surface area (Å²) in [5.41, 5.74) is 6.63. The van der Waals surface area contributed by atoms with Gasteiger partial charge in [0.1, 0.15) is 13.1 Å². The predicted octanol–water partition coefficient (Wildman–Crippen LogP) is 1.80. The molecule has 0 bridgehead atoms. The second-order valence-electron chi connectivity index (χ2n) is 5.53. The highest BCUT2D eigenvalue weighted by molar-refractivity contribution is 6.18. The Morgan fingerprint density at radius 2 is 1.91 bits per heavy atom. The van der Waals surface area contributed by atoms with Crippen molar-refractivity contribution in [3.05, 3.63) is 29.3 Å². The van der Waals surface area contributed by atoms with Crippen LogP contribution in [0.15, 0.2) is 18.2 Å². The number of benzene rings is 1. The minimum Gasteiger partial charge on any atom is -0.481 e. The molecule has 0 radical (unpaired) electrons. The Hall–Kier alpha value is -0.850. The molecule has 0 aliphatic heterocycles. The van der Waals surface area contributed by atoms with Crippen molar-refractivity contribution in [1.29, 1.82) is 0 Å². The minimum absolute atomic E-state index is 0.0200. The van der Waals surface area contributed by atoms with Gasteiger partial charge in [-0.3, -0.25) is 4.79 Å². The van der Waals surface area contributed by atoms with Crippen molar-refractivity contribution in [2.24, 2.45) is 0 Å². The molecule has 0 aliphatic carbocycles. The van der Waals surface area contributed by atoms with Crippen molar-refractivity contribution in [2.45, 2.75) is 25.8 Å². The third-order valence-electron chi connectivity index (χ3n) is 3.69. The molecule has 0 aromatic heterocycles. The first-order valence-corrected chi connectivity index (χ1v) is 8.26. The maximum atomic E-state index is 10.8. The molecule has 22 heavy (non-hydrogen) atoms. The normalized spacial score (nSPS) is 13.1. The molecule has 0 aliphatic rings. The monoisotopic (exact) mass is 350 g/mol. The fraction of sp³-hybridized carbons (Fsp3) is 0.533. The summed E-state index contributed by atoms with van der Waals surface area (Å²) in [6.07, 6.45) is 0.569. The number of carboxylic acid groups (broad SMARTS) is 1. The molecule has 5 nitrogen and oxygen atoms in total. The zero-order chi connectivity index (χ0) is 16.8. The van der Waals surface area contributed by atoms with Gasteiger partial charge in [0.25, 0.3) is 0 Å². The zero-order valence-corrected chi connectivity index (χ0v) is 14.3. The highest BCUT2D eigenvalue weighted by Crippen LogP contribution is 2.25. The topological polar surface area (TPSA) is 85.2 Å². The van der Waals surface area contributed by atoms with Gasteiger partial charge in [-0.1, -0.05) is 6.07 Å². The van der Waals surface area contributed by atoms with Gasteiger partial charge < -0.3 is 10.8 Å². The Morgan fingerprint density at radius 1 is 1.32 bits per heavy atom. The van der Waals surface area contributed by atoms with E-state index in [0.29, 0.717) is 37.0 Å². The van der Waals surface area contributed by atoms with E-state index >= 15 is 0 Å². The number of rotatable bonds is 9. The molecular formula is C15H24Cl2N2O3+2. The fourth-order valence-corrected chi connectivity index (χ4v) is 2.98. The van der Waals surface area contributed by atoms with Crippen LogP contribution in [0.2, 0.25) is 0 Å². The lowest BCUT2D eigenvalue weighted by molar-refractivity contribution is -0.418. The van der Waals surface area contributed by atoms with Crippen LogP contribution in [0.1, 0.15) is 17.5 Å². The lowest BCUT2D eigenvalue weighted by atomic mass is 9.98. The van der Waals surface area contributed by atoms with Crippen molar-refractivity contribution < 1.29 is 20.8 Å². The van der Waals surface area contributed by atoms with Crippen molar-refractivity contribution >= 4 is 34.9 Å². The van der Waals surface area contributed by atoms with Crippen LogP contribution in [-0.4, -0.2) is 47.2 Å². The summed E-state index contributed by atoms with van der Waals surface area (Å²) < 4.78 is -0.318. The number of hydrogen-bond acceptors (Lipinski definition) is 2. The molecule has 1 atom stereocenters. The lowest BCUT2D eigenvalue weighted by Crippen LogP contribution is -2.62. The van der Waals surface area contributed by atoms with Gasteiger partial charge in [-0.25, -0.2) is 5.21 Å². The molecule has 0 saturated carbocycles. The standard InChI is InChI=1S/C15H22Cl2N2O3/c1-11-2-3-14(19(22,6-4-16)7-5-17)9-12(11)8-13(18)10-15(20)21/h2-3,9,13,22H,4-8,10,18H2,1H3/p+2/t13-/m1/s1. The van der Waals surface area contributed by atoms with E-state index in [1.54, 1.807) is 0 Å². The Kier molecular flexibility index (Phi) is 7.59. The summed E-state index contributed by atoms with van der Waals surface area (Å²) in [5, 5.41) is 19.6. The van der Waals surface area contributed by atoms with Gasteiger partial charge in [0.2, 0.25) is 0 Å². The van der Waals surface area contributed by atoms with Crippen molar-refractivity contribution in [3.63, 3.8) is 0 Å². The van der Waals surface area contributed by atoms with Crippen molar-refractivity contribution in [1.82, 2.24) is 4.65 Å². The molecule has 0 spiro atoms. The first-order valence-electron chi connectivity index (χ1n) is 7.19. The number of alkyl halides is 2. The quantitative estimate of drug-likeness (QED) is 0.360. The van der Waals surface area contributed by atoms with Crippen molar-refractivity contribution in [3.8, 4) is 0 Å². The maximum absolute atomic E-state index is 10.8. The van der Waals surface area contributed by atoms with E-state index in [9.17, 15) is 10.0 Å². The number of halogens is 2. The van der Waals surface area contributed by atoms with Crippen LogP contribution < -0.4 is 10.4 Å². The second-order valence-corrected chi connectivity index (χ2v) is 6.28. The molecule has 1 rings (SSSR count). The number of aliphatic carboxylic acids is 1. The van der Waals surface area contributed by atoms with E-state index in [0.717, 1.165) is 11.1 Å². The van der Waals surface area contributed by atoms with E-state index in [1.165, 1.54) is 0 Å². The van der Waals surface area contributed by atoms with Gasteiger partial charge in [0.15, 0.2) is 5.69 Å². The number of carbonyl (C=O) groups is 1. The lowest BCUT2D eigenvalue weighted by Gasteiger charge is -2.29. The van der Waals surface area contributed by atoms with E-state index in [2.05, 4.69) is 5.73 Å². The molecule has 1 aromatic rings. The van der Waals surface area contributed by atoms with Crippen molar-refractivity contribution in [2.75, 3.05) is 24.8 Å². The van der Waals surface area contributed by atoms with Crippen LogP contribution in [0.4, 0.5) is 5.69 Å². The second kappa shape index (κ2) is 8.70. The molecule has 1 aromatic carbocycles. The van der Waals surface area contributed by atoms with Gasteiger partial charge in [-0.15, -0.1) is 27.8 Å². The van der Waals surface area contributed by atoms with Gasteiger partial charge in [-0.05, 0) is 18.1 Å². The summed E-state index contributed by atoms with van der Waals surface area (Å²) in [6.45, 7) is 2.68. The maximum Gasteiger partial charge on any atom is 0.309 e. The first kappa shape index (κ1) is 19.2. The number of carboxylic acids is 1. The molecule has 5 N–H and O–H groups in total. The smallest absolute Gasteiger partial charge is 0.309 e. The third kappa shape index (κ3) is 5.41.